The van der Waals surface area contributed by atoms with Crippen LogP contribution >= 0.6 is 0 Å². The Bertz CT molecular complexity index is 1020. The van der Waals surface area contributed by atoms with Crippen LogP contribution in [-0.2, 0) is 4.79 Å². The molecule has 31 heavy (non-hydrogen) atoms. The third-order valence-corrected chi connectivity index (χ3v) is 5.02. The van der Waals surface area contributed by atoms with Crippen LogP contribution in [-0.4, -0.2) is 57.8 Å². The zero-order valence-corrected chi connectivity index (χ0v) is 17.1. The maximum Gasteiger partial charge on any atom is 0.272 e. The van der Waals surface area contributed by atoms with Crippen molar-refractivity contribution in [2.24, 2.45) is 4.99 Å². The predicted octanol–water partition coefficient (Wildman–Crippen LogP) is 1.59. The quantitative estimate of drug-likeness (QED) is 0.453. The molecule has 2 amide bonds. The van der Waals surface area contributed by atoms with Gasteiger partial charge in [-0.1, -0.05) is 0 Å². The zero-order valence-electron chi connectivity index (χ0n) is 17.1. The average molecular weight is 420 g/mol. The minimum Gasteiger partial charge on any atom is -0.351 e. The molecule has 0 saturated heterocycles. The summed E-state index contributed by atoms with van der Waals surface area (Å²) in [6, 6.07) is 2.85. The number of anilines is 2. The first kappa shape index (κ1) is 20.6. The molecule has 0 bridgehead atoms. The molecule has 2 aliphatic rings. The SMILES string of the molecule is CN=CC(NC(=O)c1nc(C2CC2)ccc1Nc1cncnc1)C(=N)C(=O)NC1CC1. The van der Waals surface area contributed by atoms with Crippen molar-refractivity contribution >= 4 is 35.1 Å². The molecule has 0 aliphatic heterocycles. The van der Waals surface area contributed by atoms with E-state index in [2.05, 4.69) is 35.9 Å². The van der Waals surface area contributed by atoms with Crippen molar-refractivity contribution in [3.8, 4) is 0 Å². The van der Waals surface area contributed by atoms with E-state index in [0.29, 0.717) is 17.3 Å². The second kappa shape index (κ2) is 8.99. The maximum atomic E-state index is 13.2. The molecule has 2 fully saturated rings. The van der Waals surface area contributed by atoms with E-state index < -0.39 is 17.9 Å². The molecule has 160 valence electrons. The van der Waals surface area contributed by atoms with Crippen molar-refractivity contribution in [2.75, 3.05) is 12.4 Å². The van der Waals surface area contributed by atoms with Gasteiger partial charge in [0.05, 0.1) is 23.8 Å². The number of rotatable bonds is 9. The summed E-state index contributed by atoms with van der Waals surface area (Å²) in [7, 11) is 1.53. The standard InChI is InChI=1S/C21H24N8O2/c1-23-10-17(18(22)20(30)27-13-4-5-13)29-21(31)19-16(26-14-8-24-11-25-9-14)7-6-15(28-19)12-2-3-12/h6-13,17,22,26H,2-5H2,1H3,(H,27,30)(H,29,31). The maximum absolute atomic E-state index is 13.2. The van der Waals surface area contributed by atoms with Gasteiger partial charge in [0.1, 0.15) is 18.1 Å². The van der Waals surface area contributed by atoms with E-state index in [-0.39, 0.29) is 17.4 Å². The second-order valence-electron chi connectivity index (χ2n) is 7.68. The summed E-state index contributed by atoms with van der Waals surface area (Å²) in [5, 5.41) is 16.8. The van der Waals surface area contributed by atoms with E-state index in [9.17, 15) is 9.59 Å². The van der Waals surface area contributed by atoms with Gasteiger partial charge in [0, 0.05) is 30.9 Å². The fraction of sp³-hybridized carbons (Fsp3) is 0.381. The summed E-state index contributed by atoms with van der Waals surface area (Å²) in [5.74, 6) is -0.654. The third-order valence-electron chi connectivity index (χ3n) is 5.02. The number of pyridine rings is 1. The number of amides is 2. The highest BCUT2D eigenvalue weighted by atomic mass is 16.2. The highest BCUT2D eigenvalue weighted by Gasteiger charge is 2.30. The number of hydrogen-bond donors (Lipinski definition) is 4. The number of hydrogen-bond acceptors (Lipinski definition) is 8. The number of carbonyl (C=O) groups excluding carboxylic acids is 2. The first-order chi connectivity index (χ1) is 15.0. The molecule has 2 aromatic rings. The molecule has 0 radical (unpaired) electrons. The third kappa shape index (κ3) is 5.27. The summed E-state index contributed by atoms with van der Waals surface area (Å²) in [6.45, 7) is 0. The van der Waals surface area contributed by atoms with Crippen molar-refractivity contribution in [2.45, 2.75) is 43.7 Å². The first-order valence-corrected chi connectivity index (χ1v) is 10.2. The van der Waals surface area contributed by atoms with Crippen LogP contribution < -0.4 is 16.0 Å². The van der Waals surface area contributed by atoms with Gasteiger partial charge in [-0.2, -0.15) is 0 Å². The Kier molecular flexibility index (Phi) is 5.96. The van der Waals surface area contributed by atoms with E-state index in [1.54, 1.807) is 18.5 Å². The highest BCUT2D eigenvalue weighted by Crippen LogP contribution is 2.39. The smallest absolute Gasteiger partial charge is 0.272 e. The highest BCUT2D eigenvalue weighted by molar-refractivity contribution is 6.43. The van der Waals surface area contributed by atoms with Crippen molar-refractivity contribution < 1.29 is 9.59 Å². The van der Waals surface area contributed by atoms with Gasteiger partial charge in [0.2, 0.25) is 0 Å². The lowest BCUT2D eigenvalue weighted by Gasteiger charge is -2.17. The molecule has 2 aliphatic carbocycles. The molecule has 0 spiro atoms. The van der Waals surface area contributed by atoms with E-state index in [4.69, 9.17) is 5.41 Å². The Morgan fingerprint density at radius 2 is 1.94 bits per heavy atom. The van der Waals surface area contributed by atoms with E-state index in [0.717, 1.165) is 31.4 Å². The van der Waals surface area contributed by atoms with Gasteiger partial charge in [0.25, 0.3) is 11.8 Å². The van der Waals surface area contributed by atoms with E-state index >= 15 is 0 Å². The summed E-state index contributed by atoms with van der Waals surface area (Å²) < 4.78 is 0. The average Bonchev–Trinajstić information content (AvgIpc) is 3.68. The molecule has 1 atom stereocenters. The van der Waals surface area contributed by atoms with Crippen molar-refractivity contribution in [3.05, 3.63) is 42.2 Å². The normalized spacial score (nSPS) is 16.5. The van der Waals surface area contributed by atoms with Crippen molar-refractivity contribution in [3.63, 3.8) is 0 Å². The van der Waals surface area contributed by atoms with E-state index in [1.165, 1.54) is 19.6 Å². The van der Waals surface area contributed by atoms with Crippen LogP contribution in [0.5, 0.6) is 0 Å². The molecule has 1 unspecified atom stereocenters. The van der Waals surface area contributed by atoms with Crippen LogP contribution in [0.3, 0.4) is 0 Å². The van der Waals surface area contributed by atoms with Crippen LogP contribution in [0.1, 0.15) is 47.8 Å². The lowest BCUT2D eigenvalue weighted by atomic mass is 10.1. The van der Waals surface area contributed by atoms with E-state index in [1.807, 2.05) is 6.07 Å². The number of carbonyl (C=O) groups is 2. The summed E-state index contributed by atoms with van der Waals surface area (Å²) in [4.78, 5) is 41.9. The fourth-order valence-electron chi connectivity index (χ4n) is 3.05. The molecule has 2 aromatic heterocycles. The number of aromatic nitrogens is 3. The van der Waals surface area contributed by atoms with Gasteiger partial charge in [-0.05, 0) is 37.8 Å². The molecule has 2 heterocycles. The number of aliphatic imine (C=N–C) groups is 1. The summed E-state index contributed by atoms with van der Waals surface area (Å²) in [5.41, 5.74) is 1.86. The lowest BCUT2D eigenvalue weighted by molar-refractivity contribution is -0.115. The molecular formula is C21H24N8O2. The van der Waals surface area contributed by atoms with Crippen LogP contribution in [0, 0.1) is 5.41 Å². The second-order valence-corrected chi connectivity index (χ2v) is 7.68. The van der Waals surface area contributed by atoms with Gasteiger partial charge in [0.15, 0.2) is 5.69 Å². The zero-order chi connectivity index (χ0) is 21.8. The summed E-state index contributed by atoms with van der Waals surface area (Å²) in [6.07, 6.45) is 9.88. The molecular weight excluding hydrogens is 396 g/mol. The number of nitrogens with zero attached hydrogens (tertiary/aromatic N) is 4. The van der Waals surface area contributed by atoms with Gasteiger partial charge in [-0.15, -0.1) is 0 Å². The topological polar surface area (TPSA) is 145 Å². The van der Waals surface area contributed by atoms with Gasteiger partial charge in [-0.3, -0.25) is 20.0 Å². The predicted molar refractivity (Wildman–Crippen MR) is 116 cm³/mol. The lowest BCUT2D eigenvalue weighted by Crippen LogP contribution is -2.48. The van der Waals surface area contributed by atoms with Gasteiger partial charge < -0.3 is 16.0 Å². The molecule has 4 N–H and O–H groups in total. The minimum atomic E-state index is -0.962. The van der Waals surface area contributed by atoms with Crippen LogP contribution in [0.4, 0.5) is 11.4 Å². The van der Waals surface area contributed by atoms with Gasteiger partial charge >= 0.3 is 0 Å². The van der Waals surface area contributed by atoms with Crippen LogP contribution in [0.25, 0.3) is 0 Å². The Morgan fingerprint density at radius 1 is 1.19 bits per heavy atom. The Balaban J connectivity index is 1.56. The molecule has 4 rings (SSSR count). The summed E-state index contributed by atoms with van der Waals surface area (Å²) >= 11 is 0. The molecule has 10 nitrogen and oxygen atoms in total. The van der Waals surface area contributed by atoms with Gasteiger partial charge in [-0.25, -0.2) is 15.0 Å². The van der Waals surface area contributed by atoms with Crippen molar-refractivity contribution in [1.29, 1.82) is 5.41 Å². The Labute approximate surface area is 179 Å². The van der Waals surface area contributed by atoms with Crippen molar-refractivity contribution in [1.82, 2.24) is 25.6 Å². The Morgan fingerprint density at radius 3 is 2.58 bits per heavy atom. The Hall–Kier alpha value is -3.69. The minimum absolute atomic E-state index is 0.114. The van der Waals surface area contributed by atoms with Crippen LogP contribution in [0.15, 0.2) is 35.8 Å². The monoisotopic (exact) mass is 420 g/mol. The fourth-order valence-corrected chi connectivity index (χ4v) is 3.05. The number of nitrogens with one attached hydrogen (secondary N) is 4. The molecule has 10 heteroatoms. The largest absolute Gasteiger partial charge is 0.351 e. The van der Waals surface area contributed by atoms with Crippen LogP contribution in [0.2, 0.25) is 0 Å². The molecule has 0 aromatic carbocycles. The molecule has 2 saturated carbocycles. The first-order valence-electron chi connectivity index (χ1n) is 10.2.